The van der Waals surface area contributed by atoms with Crippen molar-refractivity contribution in [3.63, 3.8) is 0 Å². The Morgan fingerprint density at radius 2 is 2.10 bits per heavy atom. The van der Waals surface area contributed by atoms with E-state index in [-0.39, 0.29) is 5.92 Å². The Labute approximate surface area is 115 Å². The van der Waals surface area contributed by atoms with Crippen molar-refractivity contribution in [1.82, 2.24) is 0 Å². The van der Waals surface area contributed by atoms with E-state index in [2.05, 4.69) is 0 Å². The van der Waals surface area contributed by atoms with Gasteiger partial charge in [-0.25, -0.2) is 14.2 Å². The zero-order chi connectivity index (χ0) is 14.9. The third-order valence-electron chi connectivity index (χ3n) is 3.29. The molecule has 1 atom stereocenters. The second kappa shape index (κ2) is 5.48. The third kappa shape index (κ3) is 2.74. The molecular formula is C14H16FNO4. The summed E-state index contributed by atoms with van der Waals surface area (Å²) in [5.41, 5.74) is 1.35. The van der Waals surface area contributed by atoms with Gasteiger partial charge in [0.25, 0.3) is 0 Å². The van der Waals surface area contributed by atoms with Crippen LogP contribution in [0.3, 0.4) is 0 Å². The summed E-state index contributed by atoms with van der Waals surface area (Å²) in [6, 6.07) is 4.26. The maximum atomic E-state index is 13.2. The highest BCUT2D eigenvalue weighted by molar-refractivity contribution is 5.94. The minimum atomic E-state index is -1.23. The molecule has 0 saturated carbocycles. The maximum absolute atomic E-state index is 13.2. The Morgan fingerprint density at radius 1 is 1.40 bits per heavy atom. The van der Waals surface area contributed by atoms with E-state index < -0.39 is 23.7 Å². The molecular weight excluding hydrogens is 265 g/mol. The summed E-state index contributed by atoms with van der Waals surface area (Å²) >= 11 is 0. The van der Waals surface area contributed by atoms with Crippen LogP contribution in [0.5, 0.6) is 0 Å². The van der Waals surface area contributed by atoms with E-state index in [1.165, 1.54) is 17.2 Å². The highest BCUT2D eigenvalue weighted by Gasteiger charge is 2.34. The topological polar surface area (TPSA) is 66.8 Å². The summed E-state index contributed by atoms with van der Waals surface area (Å²) in [6.07, 6.45) is 0.627. The average Bonchev–Trinajstić information content (AvgIpc) is 2.70. The van der Waals surface area contributed by atoms with Gasteiger partial charge < -0.3 is 9.94 Å². The van der Waals surface area contributed by atoms with Gasteiger partial charge in [0.2, 0.25) is 0 Å². The molecule has 0 aromatic heterocycles. The smallest absolute Gasteiger partial charge is 0.346 e. The van der Waals surface area contributed by atoms with E-state index in [1.807, 2.05) is 0 Å². The van der Waals surface area contributed by atoms with Gasteiger partial charge >= 0.3 is 11.9 Å². The summed E-state index contributed by atoms with van der Waals surface area (Å²) in [5, 5.41) is 10.3. The van der Waals surface area contributed by atoms with Crippen LogP contribution in [0.25, 0.3) is 0 Å². The van der Waals surface area contributed by atoms with Crippen molar-refractivity contribution >= 4 is 17.6 Å². The molecule has 108 valence electrons. The number of fused-ring (bicyclic) bond motifs is 1. The summed E-state index contributed by atoms with van der Waals surface area (Å²) in [7, 11) is 0. The number of halogens is 1. The number of benzene rings is 1. The first-order valence-electron chi connectivity index (χ1n) is 6.40. The SMILES string of the molecule is CC(C)[C@@H](C(=O)O)C(=O)ON1CCc2ccc(F)cc21. The van der Waals surface area contributed by atoms with Gasteiger partial charge in [0.05, 0.1) is 12.2 Å². The van der Waals surface area contributed by atoms with Gasteiger partial charge in [0.1, 0.15) is 5.82 Å². The molecule has 6 heteroatoms. The first-order chi connectivity index (χ1) is 9.40. The molecule has 1 aliphatic rings. The van der Waals surface area contributed by atoms with Crippen molar-refractivity contribution in [1.29, 1.82) is 0 Å². The van der Waals surface area contributed by atoms with Gasteiger partial charge in [-0.15, -0.1) is 0 Å². The predicted molar refractivity (Wildman–Crippen MR) is 69.5 cm³/mol. The second-order valence-electron chi connectivity index (χ2n) is 5.10. The van der Waals surface area contributed by atoms with Gasteiger partial charge in [0.15, 0.2) is 5.92 Å². The average molecular weight is 281 g/mol. The number of carbonyl (C=O) groups is 2. The van der Waals surface area contributed by atoms with Crippen LogP contribution in [-0.2, 0) is 20.8 Å². The number of anilines is 1. The Bertz CT molecular complexity index is 544. The number of hydrogen-bond donors (Lipinski definition) is 1. The van der Waals surface area contributed by atoms with Crippen LogP contribution in [-0.4, -0.2) is 23.6 Å². The number of rotatable bonds is 4. The van der Waals surface area contributed by atoms with Crippen LogP contribution in [0.4, 0.5) is 10.1 Å². The van der Waals surface area contributed by atoms with E-state index in [9.17, 15) is 14.0 Å². The van der Waals surface area contributed by atoms with Crippen molar-refractivity contribution in [3.05, 3.63) is 29.6 Å². The normalized spacial score (nSPS) is 15.1. The van der Waals surface area contributed by atoms with Crippen LogP contribution in [0, 0.1) is 17.7 Å². The molecule has 1 aliphatic heterocycles. The summed E-state index contributed by atoms with van der Waals surface area (Å²) in [5.74, 6) is -4.08. The Balaban J connectivity index is 2.15. The number of carboxylic acids is 1. The first-order valence-corrected chi connectivity index (χ1v) is 6.40. The Kier molecular flexibility index (Phi) is 3.92. The molecule has 1 N–H and O–H groups in total. The van der Waals surface area contributed by atoms with Gasteiger partial charge in [-0.3, -0.25) is 4.79 Å². The minimum absolute atomic E-state index is 0.380. The highest BCUT2D eigenvalue weighted by atomic mass is 19.1. The molecule has 0 unspecified atom stereocenters. The van der Waals surface area contributed by atoms with Crippen molar-refractivity contribution in [2.45, 2.75) is 20.3 Å². The summed E-state index contributed by atoms with van der Waals surface area (Å²) in [6.45, 7) is 3.67. The van der Waals surface area contributed by atoms with Crippen LogP contribution < -0.4 is 5.06 Å². The standard InChI is InChI=1S/C14H16FNO4/c1-8(2)12(13(17)18)14(19)20-16-6-5-9-3-4-10(15)7-11(9)16/h3-4,7-8,12H,5-6H2,1-2H3,(H,17,18)/t12-/m0/s1. The lowest BCUT2D eigenvalue weighted by atomic mass is 9.96. The molecule has 0 fully saturated rings. The molecule has 2 rings (SSSR count). The summed E-state index contributed by atoms with van der Waals surface area (Å²) < 4.78 is 13.2. The van der Waals surface area contributed by atoms with Crippen LogP contribution in [0.2, 0.25) is 0 Å². The molecule has 1 heterocycles. The van der Waals surface area contributed by atoms with E-state index in [4.69, 9.17) is 9.94 Å². The van der Waals surface area contributed by atoms with Crippen LogP contribution in [0.15, 0.2) is 18.2 Å². The van der Waals surface area contributed by atoms with Crippen molar-refractivity contribution < 1.29 is 23.9 Å². The number of hydrogen-bond acceptors (Lipinski definition) is 4. The number of nitrogens with zero attached hydrogens (tertiary/aromatic N) is 1. The van der Waals surface area contributed by atoms with Gasteiger partial charge in [-0.2, -0.15) is 0 Å². The van der Waals surface area contributed by atoms with Gasteiger partial charge in [-0.05, 0) is 24.0 Å². The van der Waals surface area contributed by atoms with Crippen LogP contribution >= 0.6 is 0 Å². The number of aliphatic carboxylic acids is 1. The fraction of sp³-hybridized carbons (Fsp3) is 0.429. The second-order valence-corrected chi connectivity index (χ2v) is 5.10. The lowest BCUT2D eigenvalue weighted by Crippen LogP contribution is -2.35. The first kappa shape index (κ1) is 14.3. The maximum Gasteiger partial charge on any atom is 0.346 e. The van der Waals surface area contributed by atoms with E-state index >= 15 is 0 Å². The van der Waals surface area contributed by atoms with E-state index in [1.54, 1.807) is 19.9 Å². The Morgan fingerprint density at radius 3 is 2.70 bits per heavy atom. The quantitative estimate of drug-likeness (QED) is 0.855. The van der Waals surface area contributed by atoms with Gasteiger partial charge in [0, 0.05) is 6.07 Å². The molecule has 0 radical (unpaired) electrons. The molecule has 0 amide bonds. The van der Waals surface area contributed by atoms with Crippen molar-refractivity contribution in [2.24, 2.45) is 11.8 Å². The molecule has 0 bridgehead atoms. The van der Waals surface area contributed by atoms with Crippen molar-refractivity contribution in [2.75, 3.05) is 11.6 Å². The molecule has 0 spiro atoms. The molecule has 1 aromatic rings. The lowest BCUT2D eigenvalue weighted by Gasteiger charge is -2.22. The van der Waals surface area contributed by atoms with Crippen molar-refractivity contribution in [3.8, 4) is 0 Å². The fourth-order valence-electron chi connectivity index (χ4n) is 2.24. The predicted octanol–water partition coefficient (Wildman–Crippen LogP) is 2.00. The minimum Gasteiger partial charge on any atom is -0.481 e. The van der Waals surface area contributed by atoms with E-state index in [0.717, 1.165) is 5.56 Å². The third-order valence-corrected chi connectivity index (χ3v) is 3.29. The highest BCUT2D eigenvalue weighted by Crippen LogP contribution is 2.29. The largest absolute Gasteiger partial charge is 0.481 e. The number of carboxylic acid groups (broad SMARTS) is 1. The Hall–Kier alpha value is -2.11. The number of hydroxylamine groups is 1. The van der Waals surface area contributed by atoms with E-state index in [0.29, 0.717) is 18.7 Å². The summed E-state index contributed by atoms with van der Waals surface area (Å²) in [4.78, 5) is 28.1. The fourth-order valence-corrected chi connectivity index (χ4v) is 2.24. The molecule has 5 nitrogen and oxygen atoms in total. The zero-order valence-electron chi connectivity index (χ0n) is 11.3. The molecule has 20 heavy (non-hydrogen) atoms. The van der Waals surface area contributed by atoms with Crippen LogP contribution in [0.1, 0.15) is 19.4 Å². The van der Waals surface area contributed by atoms with Gasteiger partial charge in [-0.1, -0.05) is 19.9 Å². The monoisotopic (exact) mass is 281 g/mol. The molecule has 0 saturated heterocycles. The lowest BCUT2D eigenvalue weighted by molar-refractivity contribution is -0.161. The zero-order valence-corrected chi connectivity index (χ0v) is 11.3. The number of carbonyl (C=O) groups excluding carboxylic acids is 1. The molecule has 1 aromatic carbocycles. The molecule has 0 aliphatic carbocycles.